The molecule has 0 saturated carbocycles. The maximum atomic E-state index is 12.3. The van der Waals surface area contributed by atoms with Gasteiger partial charge in [-0.2, -0.15) is 0 Å². The first kappa shape index (κ1) is 7.48. The number of hydrogen-bond donors (Lipinski definition) is 0. The molecule has 0 N–H and O–H groups in total. The highest BCUT2D eigenvalue weighted by Crippen LogP contribution is 2.05. The third-order valence-electron chi connectivity index (χ3n) is 1.13. The Labute approximate surface area is 67.5 Å². The highest BCUT2D eigenvalue weighted by atomic mass is 79.9. The minimum atomic E-state index is -0.202. The molecule has 0 fully saturated rings. The summed E-state index contributed by atoms with van der Waals surface area (Å²) >= 11 is 3.13. The second-order valence-electron chi connectivity index (χ2n) is 1.84. The van der Waals surface area contributed by atoms with Crippen molar-refractivity contribution in [2.75, 3.05) is 0 Å². The molecule has 1 aromatic rings. The Bertz CT molecular complexity index is 226. The summed E-state index contributed by atoms with van der Waals surface area (Å²) in [5.74, 6) is -0.202. The van der Waals surface area contributed by atoms with Gasteiger partial charge in [0.05, 0.1) is 0 Å². The highest BCUT2D eigenvalue weighted by Gasteiger charge is 1.86. The van der Waals surface area contributed by atoms with Crippen LogP contribution in [0, 0.1) is 5.82 Å². The summed E-state index contributed by atoms with van der Waals surface area (Å²) in [5, 5.41) is 0. The van der Waals surface area contributed by atoms with Gasteiger partial charge in [-0.3, -0.25) is 0 Å². The van der Waals surface area contributed by atoms with E-state index in [9.17, 15) is 4.39 Å². The Balaban J connectivity index is 2.89. The van der Waals surface area contributed by atoms with Gasteiger partial charge in [0.25, 0.3) is 0 Å². The Morgan fingerprint density at radius 1 is 1.20 bits per heavy atom. The normalized spacial score (nSPS) is 10.6. The molecule has 0 aliphatic heterocycles. The van der Waals surface area contributed by atoms with Crippen molar-refractivity contribution in [2.45, 2.75) is 0 Å². The average Bonchev–Trinajstić information content (AvgIpc) is 1.95. The Morgan fingerprint density at radius 3 is 2.30 bits per heavy atom. The largest absolute Gasteiger partial charge is 0.207 e. The van der Waals surface area contributed by atoms with Gasteiger partial charge in [-0.25, -0.2) is 4.39 Å². The molecule has 0 bridgehead atoms. The molecule has 0 unspecified atom stereocenters. The van der Waals surface area contributed by atoms with Crippen LogP contribution in [0.25, 0.3) is 6.08 Å². The van der Waals surface area contributed by atoms with Crippen LogP contribution in [0.5, 0.6) is 0 Å². The highest BCUT2D eigenvalue weighted by molar-refractivity contribution is 9.11. The summed E-state index contributed by atoms with van der Waals surface area (Å²) in [4.78, 5) is 1.74. The lowest BCUT2D eigenvalue weighted by Gasteiger charge is -1.89. The average molecular weight is 201 g/mol. The van der Waals surface area contributed by atoms with Gasteiger partial charge < -0.3 is 0 Å². The number of hydrogen-bond acceptors (Lipinski definition) is 0. The van der Waals surface area contributed by atoms with Gasteiger partial charge in [0.15, 0.2) is 0 Å². The molecule has 52 valence electrons. The fourth-order valence-electron chi connectivity index (χ4n) is 0.647. The maximum Gasteiger partial charge on any atom is 0.123 e. The van der Waals surface area contributed by atoms with E-state index in [4.69, 9.17) is 0 Å². The zero-order chi connectivity index (χ0) is 7.40. The maximum absolute atomic E-state index is 12.3. The van der Waals surface area contributed by atoms with Crippen molar-refractivity contribution in [1.82, 2.24) is 0 Å². The van der Waals surface area contributed by atoms with Gasteiger partial charge in [0.1, 0.15) is 5.82 Å². The molecule has 0 heterocycles. The minimum Gasteiger partial charge on any atom is -0.207 e. The molecule has 0 atom stereocenters. The lowest BCUT2D eigenvalue weighted by molar-refractivity contribution is 0.628. The number of rotatable bonds is 1. The molecular weight excluding hydrogens is 195 g/mol. The van der Waals surface area contributed by atoms with Crippen LogP contribution in [0.4, 0.5) is 4.39 Å². The van der Waals surface area contributed by atoms with E-state index in [0.717, 1.165) is 5.56 Å². The van der Waals surface area contributed by atoms with E-state index in [0.29, 0.717) is 0 Å². The Hall–Kier alpha value is -0.630. The van der Waals surface area contributed by atoms with Gasteiger partial charge in [0, 0.05) is 0 Å². The van der Waals surface area contributed by atoms with Gasteiger partial charge in [-0.1, -0.05) is 28.1 Å². The van der Waals surface area contributed by atoms with Crippen LogP contribution < -0.4 is 0 Å². The summed E-state index contributed by atoms with van der Waals surface area (Å²) in [6, 6.07) is 6.30. The summed E-state index contributed by atoms with van der Waals surface area (Å²) in [7, 11) is 0. The second-order valence-corrected chi connectivity index (χ2v) is 2.37. The lowest BCUT2D eigenvalue weighted by atomic mass is 10.2. The lowest BCUT2D eigenvalue weighted by Crippen LogP contribution is -1.72. The smallest absolute Gasteiger partial charge is 0.123 e. The fourth-order valence-corrected chi connectivity index (χ4v) is 0.952. The van der Waals surface area contributed by atoms with Crippen molar-refractivity contribution in [1.29, 1.82) is 0 Å². The SMILES string of the molecule is Fc1ccc(C=CBr)cc1. The molecule has 0 spiro atoms. The van der Waals surface area contributed by atoms with E-state index in [1.807, 2.05) is 6.08 Å². The molecule has 0 aliphatic carbocycles. The van der Waals surface area contributed by atoms with E-state index in [1.54, 1.807) is 17.1 Å². The van der Waals surface area contributed by atoms with E-state index >= 15 is 0 Å². The Morgan fingerprint density at radius 2 is 1.80 bits per heavy atom. The molecule has 0 nitrogen and oxygen atoms in total. The van der Waals surface area contributed by atoms with Crippen molar-refractivity contribution < 1.29 is 4.39 Å². The van der Waals surface area contributed by atoms with Crippen LogP contribution in [0.15, 0.2) is 29.3 Å². The molecule has 1 rings (SSSR count). The summed E-state index contributed by atoms with van der Waals surface area (Å²) in [6.45, 7) is 0. The van der Waals surface area contributed by atoms with Crippen molar-refractivity contribution >= 4 is 22.0 Å². The molecular formula is C8H6BrF. The first-order valence-corrected chi connectivity index (χ1v) is 3.77. The first-order chi connectivity index (χ1) is 4.83. The quantitative estimate of drug-likeness (QED) is 0.654. The van der Waals surface area contributed by atoms with E-state index in [1.165, 1.54) is 12.1 Å². The molecule has 0 aliphatic rings. The molecule has 1 aromatic carbocycles. The molecule has 0 radical (unpaired) electrons. The predicted molar refractivity (Wildman–Crippen MR) is 44.4 cm³/mol. The number of benzene rings is 1. The molecule has 0 amide bonds. The third kappa shape index (κ3) is 1.95. The van der Waals surface area contributed by atoms with Crippen LogP contribution >= 0.6 is 15.9 Å². The van der Waals surface area contributed by atoms with E-state index in [-0.39, 0.29) is 5.82 Å². The standard InChI is InChI=1S/C8H6BrF/c9-6-5-7-1-3-8(10)4-2-7/h1-6H. The first-order valence-electron chi connectivity index (χ1n) is 2.85. The van der Waals surface area contributed by atoms with Gasteiger partial charge in [0.2, 0.25) is 0 Å². The van der Waals surface area contributed by atoms with Gasteiger partial charge in [-0.05, 0) is 28.8 Å². The number of halogens is 2. The molecule has 0 aromatic heterocycles. The van der Waals surface area contributed by atoms with E-state index in [2.05, 4.69) is 15.9 Å². The zero-order valence-electron chi connectivity index (χ0n) is 5.22. The topological polar surface area (TPSA) is 0 Å². The zero-order valence-corrected chi connectivity index (χ0v) is 6.81. The van der Waals surface area contributed by atoms with Crippen LogP contribution in [-0.2, 0) is 0 Å². The summed E-state index contributed by atoms with van der Waals surface area (Å²) in [6.07, 6.45) is 1.85. The van der Waals surface area contributed by atoms with Crippen molar-refractivity contribution in [2.24, 2.45) is 0 Å². The van der Waals surface area contributed by atoms with Crippen LogP contribution in [-0.4, -0.2) is 0 Å². The molecule has 0 saturated heterocycles. The predicted octanol–water partition coefficient (Wildman–Crippen LogP) is 3.19. The van der Waals surface area contributed by atoms with E-state index < -0.39 is 0 Å². The van der Waals surface area contributed by atoms with Crippen molar-refractivity contribution in [3.05, 3.63) is 40.6 Å². The summed E-state index contributed by atoms with van der Waals surface area (Å²) in [5.41, 5.74) is 0.985. The van der Waals surface area contributed by atoms with Crippen LogP contribution in [0.2, 0.25) is 0 Å². The fraction of sp³-hybridized carbons (Fsp3) is 0. The molecule has 2 heteroatoms. The second kappa shape index (κ2) is 3.52. The van der Waals surface area contributed by atoms with Crippen molar-refractivity contribution in [3.8, 4) is 0 Å². The van der Waals surface area contributed by atoms with Crippen LogP contribution in [0.3, 0.4) is 0 Å². The molecule has 10 heavy (non-hydrogen) atoms. The minimum absolute atomic E-state index is 0.202. The van der Waals surface area contributed by atoms with Gasteiger partial charge >= 0.3 is 0 Å². The monoisotopic (exact) mass is 200 g/mol. The third-order valence-corrected chi connectivity index (χ3v) is 1.39. The Kier molecular flexibility index (Phi) is 2.63. The van der Waals surface area contributed by atoms with Crippen molar-refractivity contribution in [3.63, 3.8) is 0 Å². The van der Waals surface area contributed by atoms with Crippen LogP contribution in [0.1, 0.15) is 5.56 Å². The summed E-state index contributed by atoms with van der Waals surface area (Å²) < 4.78 is 12.3. The van der Waals surface area contributed by atoms with Gasteiger partial charge in [-0.15, -0.1) is 0 Å².